The molecule has 0 radical (unpaired) electrons. The molecule has 0 spiro atoms. The highest BCUT2D eigenvalue weighted by molar-refractivity contribution is 5.36. The zero-order valence-corrected chi connectivity index (χ0v) is 7.91. The monoisotopic (exact) mass is 182 g/mol. The molecule has 0 aromatic carbocycles. The summed E-state index contributed by atoms with van der Waals surface area (Å²) >= 11 is 0. The van der Waals surface area contributed by atoms with Crippen LogP contribution >= 0.6 is 0 Å². The molecular formula is C10H14O3. The summed E-state index contributed by atoms with van der Waals surface area (Å²) in [6.45, 7) is 8.00. The molecular weight excluding hydrogens is 168 g/mol. The van der Waals surface area contributed by atoms with E-state index in [9.17, 15) is 5.11 Å². The van der Waals surface area contributed by atoms with Crippen molar-refractivity contribution in [1.29, 1.82) is 0 Å². The van der Waals surface area contributed by atoms with Gasteiger partial charge in [0, 0.05) is 6.42 Å². The van der Waals surface area contributed by atoms with Crippen LogP contribution in [0.4, 0.5) is 0 Å². The summed E-state index contributed by atoms with van der Waals surface area (Å²) in [5.74, 6) is 0. The molecule has 72 valence electrons. The number of aliphatic hydroxyl groups is 1. The summed E-state index contributed by atoms with van der Waals surface area (Å²) in [4.78, 5) is 0. The second kappa shape index (κ2) is 1.85. The van der Waals surface area contributed by atoms with Gasteiger partial charge in [-0.25, -0.2) is 0 Å². The molecule has 2 bridgehead atoms. The molecule has 0 aromatic rings. The van der Waals surface area contributed by atoms with Gasteiger partial charge in [0.25, 0.3) is 0 Å². The van der Waals surface area contributed by atoms with Gasteiger partial charge in [-0.3, -0.25) is 0 Å². The van der Waals surface area contributed by atoms with Crippen LogP contribution in [0.2, 0.25) is 0 Å². The Labute approximate surface area is 77.3 Å². The fourth-order valence-electron chi connectivity index (χ4n) is 3.01. The molecule has 3 nitrogen and oxygen atoms in total. The molecule has 3 fully saturated rings. The maximum atomic E-state index is 9.80. The highest BCUT2D eigenvalue weighted by Crippen LogP contribution is 2.59. The van der Waals surface area contributed by atoms with Crippen molar-refractivity contribution in [1.82, 2.24) is 0 Å². The fraction of sp³-hybridized carbons (Fsp3) is 0.800. The molecule has 5 atom stereocenters. The SMILES string of the molecule is C=C1[C@H]2O[C@H]3[C@@H](O)C[C@]1(C)O[C@@]23C. The number of ether oxygens (including phenoxy) is 2. The predicted octanol–water partition coefficient (Wildman–Crippen LogP) is 0.622. The van der Waals surface area contributed by atoms with Gasteiger partial charge < -0.3 is 14.6 Å². The average molecular weight is 182 g/mol. The van der Waals surface area contributed by atoms with E-state index in [0.29, 0.717) is 6.42 Å². The van der Waals surface area contributed by atoms with Crippen LogP contribution in [0, 0.1) is 0 Å². The van der Waals surface area contributed by atoms with Gasteiger partial charge in [0.1, 0.15) is 17.8 Å². The van der Waals surface area contributed by atoms with E-state index in [1.54, 1.807) is 0 Å². The van der Waals surface area contributed by atoms with Crippen LogP contribution in [0.15, 0.2) is 12.2 Å². The molecule has 13 heavy (non-hydrogen) atoms. The van der Waals surface area contributed by atoms with E-state index in [4.69, 9.17) is 9.47 Å². The first-order valence-electron chi connectivity index (χ1n) is 4.70. The standard InChI is InChI=1S/C10H14O3/c1-5-7-10(3)8(12-7)6(11)4-9(5,2)13-10/h6-8,11H,1,4H2,2-3H3/t6-,7+,8-,9-,10-/m0/s1. The number of hydrogen-bond donors (Lipinski definition) is 1. The van der Waals surface area contributed by atoms with E-state index in [-0.39, 0.29) is 23.4 Å². The highest BCUT2D eigenvalue weighted by Gasteiger charge is 2.71. The summed E-state index contributed by atoms with van der Waals surface area (Å²) < 4.78 is 11.5. The van der Waals surface area contributed by atoms with Crippen LogP contribution in [-0.2, 0) is 9.47 Å². The van der Waals surface area contributed by atoms with Gasteiger partial charge in [-0.1, -0.05) is 6.58 Å². The predicted molar refractivity (Wildman–Crippen MR) is 46.3 cm³/mol. The van der Waals surface area contributed by atoms with Crippen molar-refractivity contribution in [3.8, 4) is 0 Å². The molecule has 3 heterocycles. The second-order valence-electron chi connectivity index (χ2n) is 4.75. The number of rotatable bonds is 0. The Hall–Kier alpha value is -0.380. The fourth-order valence-corrected chi connectivity index (χ4v) is 3.01. The van der Waals surface area contributed by atoms with Gasteiger partial charge in [-0.15, -0.1) is 0 Å². The Bertz CT molecular complexity index is 301. The Balaban J connectivity index is 2.11. The van der Waals surface area contributed by atoms with Crippen LogP contribution in [0.5, 0.6) is 0 Å². The van der Waals surface area contributed by atoms with Crippen LogP contribution in [0.3, 0.4) is 0 Å². The minimum Gasteiger partial charge on any atom is -0.390 e. The van der Waals surface area contributed by atoms with Crippen LogP contribution in [-0.4, -0.2) is 34.6 Å². The lowest BCUT2D eigenvalue weighted by atomic mass is 9.83. The number of aliphatic hydroxyl groups excluding tert-OH is 1. The first kappa shape index (κ1) is 7.97. The maximum Gasteiger partial charge on any atom is 0.125 e. The third kappa shape index (κ3) is 0.652. The van der Waals surface area contributed by atoms with Crippen LogP contribution in [0.1, 0.15) is 20.3 Å². The third-order valence-corrected chi connectivity index (χ3v) is 3.76. The quantitative estimate of drug-likeness (QED) is 0.558. The summed E-state index contributed by atoms with van der Waals surface area (Å²) in [5.41, 5.74) is 0.304. The molecule has 0 aromatic heterocycles. The molecule has 3 saturated heterocycles. The van der Waals surface area contributed by atoms with E-state index < -0.39 is 6.10 Å². The van der Waals surface area contributed by atoms with Crippen molar-refractivity contribution in [3.05, 3.63) is 12.2 Å². The third-order valence-electron chi connectivity index (χ3n) is 3.76. The van der Waals surface area contributed by atoms with Crippen molar-refractivity contribution >= 4 is 0 Å². The first-order valence-corrected chi connectivity index (χ1v) is 4.70. The van der Waals surface area contributed by atoms with Crippen molar-refractivity contribution in [2.24, 2.45) is 0 Å². The zero-order valence-electron chi connectivity index (χ0n) is 7.91. The molecule has 0 unspecified atom stereocenters. The molecule has 3 rings (SSSR count). The maximum absolute atomic E-state index is 9.80. The Morgan fingerprint density at radius 1 is 1.54 bits per heavy atom. The van der Waals surface area contributed by atoms with Crippen molar-refractivity contribution in [3.63, 3.8) is 0 Å². The van der Waals surface area contributed by atoms with Crippen LogP contribution in [0.25, 0.3) is 0 Å². The van der Waals surface area contributed by atoms with Gasteiger partial charge in [0.15, 0.2) is 0 Å². The minimum atomic E-state index is -0.403. The molecule has 3 aliphatic rings. The lowest BCUT2D eigenvalue weighted by molar-refractivity contribution is -0.323. The molecule has 0 amide bonds. The van der Waals surface area contributed by atoms with E-state index in [1.807, 2.05) is 13.8 Å². The molecule has 3 aliphatic heterocycles. The first-order chi connectivity index (χ1) is 5.97. The number of hydrogen-bond acceptors (Lipinski definition) is 3. The smallest absolute Gasteiger partial charge is 0.125 e. The second-order valence-corrected chi connectivity index (χ2v) is 4.75. The summed E-state index contributed by atoms with van der Waals surface area (Å²) in [6, 6.07) is 0. The number of fused-ring (bicyclic) bond motifs is 1. The topological polar surface area (TPSA) is 38.7 Å². The zero-order chi connectivity index (χ0) is 9.43. The normalized spacial score (nSPS) is 63.6. The minimum absolute atomic E-state index is 0.000324. The van der Waals surface area contributed by atoms with Crippen LogP contribution < -0.4 is 0 Å². The molecule has 1 N–H and O–H groups in total. The summed E-state index contributed by atoms with van der Waals surface area (Å²) in [5, 5.41) is 9.80. The van der Waals surface area contributed by atoms with Crippen molar-refractivity contribution in [2.45, 2.75) is 49.8 Å². The van der Waals surface area contributed by atoms with Crippen molar-refractivity contribution < 1.29 is 14.6 Å². The Morgan fingerprint density at radius 3 is 2.92 bits per heavy atom. The van der Waals surface area contributed by atoms with Gasteiger partial charge in [0.2, 0.25) is 0 Å². The average Bonchev–Trinajstić information content (AvgIpc) is 2.11. The Kier molecular flexibility index (Phi) is 1.13. The van der Waals surface area contributed by atoms with Gasteiger partial charge in [-0.05, 0) is 19.4 Å². The Morgan fingerprint density at radius 2 is 2.23 bits per heavy atom. The summed E-state index contributed by atoms with van der Waals surface area (Å²) in [7, 11) is 0. The van der Waals surface area contributed by atoms with Gasteiger partial charge >= 0.3 is 0 Å². The lowest BCUT2D eigenvalue weighted by Crippen LogP contribution is -2.67. The van der Waals surface area contributed by atoms with Gasteiger partial charge in [-0.2, -0.15) is 0 Å². The van der Waals surface area contributed by atoms with Gasteiger partial charge in [0.05, 0.1) is 11.7 Å². The largest absolute Gasteiger partial charge is 0.390 e. The lowest BCUT2D eigenvalue weighted by Gasteiger charge is -2.52. The highest BCUT2D eigenvalue weighted by atomic mass is 16.7. The molecule has 3 heteroatoms. The van der Waals surface area contributed by atoms with Crippen molar-refractivity contribution in [2.75, 3.05) is 0 Å². The van der Waals surface area contributed by atoms with E-state index >= 15 is 0 Å². The molecule has 0 aliphatic carbocycles. The van der Waals surface area contributed by atoms with E-state index in [2.05, 4.69) is 6.58 Å². The summed E-state index contributed by atoms with van der Waals surface area (Å²) in [6.07, 6.45) is 0.0616. The molecule has 0 saturated carbocycles. The van der Waals surface area contributed by atoms with E-state index in [1.165, 1.54) is 0 Å². The van der Waals surface area contributed by atoms with E-state index in [0.717, 1.165) is 5.57 Å².